The van der Waals surface area contributed by atoms with Crippen molar-refractivity contribution >= 4 is 27.5 Å². The van der Waals surface area contributed by atoms with E-state index in [1.54, 1.807) is 0 Å². The minimum atomic E-state index is -4.64. The zero-order valence-electron chi connectivity index (χ0n) is 23.2. The number of halogens is 3. The third-order valence-corrected chi connectivity index (χ3v) is 7.76. The number of nitrogens with zero attached hydrogens (tertiary/aromatic N) is 2. The van der Waals surface area contributed by atoms with Crippen molar-refractivity contribution in [2.45, 2.75) is 44.9 Å². The van der Waals surface area contributed by atoms with Crippen LogP contribution < -0.4 is 9.62 Å². The molecule has 3 aromatic rings. The number of carbonyl (C=O) groups is 2. The molecule has 0 spiro atoms. The highest BCUT2D eigenvalue weighted by Gasteiger charge is 2.32. The van der Waals surface area contributed by atoms with Gasteiger partial charge in [0.1, 0.15) is 6.04 Å². The van der Waals surface area contributed by atoms with Crippen molar-refractivity contribution in [3.8, 4) is 0 Å². The van der Waals surface area contributed by atoms with E-state index < -0.39 is 27.8 Å². The average molecular weight is 590 g/mol. The van der Waals surface area contributed by atoms with Gasteiger partial charge in [0.2, 0.25) is 21.8 Å². The Kier molecular flexibility index (Phi) is 10.6. The number of carbonyl (C=O) groups excluding carboxylic acids is 2. The minimum Gasteiger partial charge on any atom is -0.357 e. The molecular formula is C30H34F3N3O4S. The molecule has 3 rings (SSSR count). The maximum atomic E-state index is 13.7. The van der Waals surface area contributed by atoms with E-state index in [1.165, 1.54) is 18.0 Å². The topological polar surface area (TPSA) is 86.8 Å². The molecule has 0 aliphatic carbocycles. The molecule has 1 atom stereocenters. The molecule has 7 nitrogen and oxygen atoms in total. The second kappa shape index (κ2) is 13.7. The van der Waals surface area contributed by atoms with Crippen LogP contribution in [0.4, 0.5) is 18.9 Å². The first-order chi connectivity index (χ1) is 19.3. The third-order valence-electron chi connectivity index (χ3n) is 6.57. The third kappa shape index (κ3) is 9.07. The summed E-state index contributed by atoms with van der Waals surface area (Å²) < 4.78 is 65.6. The highest BCUT2D eigenvalue weighted by molar-refractivity contribution is 7.92. The van der Waals surface area contributed by atoms with E-state index in [4.69, 9.17) is 0 Å². The van der Waals surface area contributed by atoms with Crippen LogP contribution in [0.25, 0.3) is 0 Å². The van der Waals surface area contributed by atoms with Gasteiger partial charge in [-0.3, -0.25) is 13.9 Å². The Hall–Kier alpha value is -3.86. The lowest BCUT2D eigenvalue weighted by Crippen LogP contribution is -2.49. The van der Waals surface area contributed by atoms with E-state index in [0.717, 1.165) is 45.5 Å². The van der Waals surface area contributed by atoms with Gasteiger partial charge < -0.3 is 10.2 Å². The number of sulfonamides is 1. The van der Waals surface area contributed by atoms with Crippen LogP contribution in [0.1, 0.15) is 35.1 Å². The standard InChI is InChI=1S/C30H34F3N3O4S/c1-22-10-7-13-24(18-22)21-35(27(29(38)34-2)19-23-11-5-4-6-12-23)28(37)16-9-17-36(41(3,39)40)26-15-8-14-25(20-26)30(31,32)33/h4-8,10-15,18,20,27H,9,16-17,19,21H2,1-3H3,(H,34,38)/t27-/m1/s1. The van der Waals surface area contributed by atoms with Crippen LogP contribution in [-0.4, -0.2) is 51.0 Å². The van der Waals surface area contributed by atoms with E-state index in [9.17, 15) is 31.2 Å². The van der Waals surface area contributed by atoms with Crippen LogP contribution in [0.5, 0.6) is 0 Å². The molecule has 3 aromatic carbocycles. The normalized spacial score (nSPS) is 12.4. The average Bonchev–Trinajstić information content (AvgIpc) is 2.92. The molecule has 0 radical (unpaired) electrons. The number of benzene rings is 3. The van der Waals surface area contributed by atoms with Crippen molar-refractivity contribution in [1.82, 2.24) is 10.2 Å². The number of aryl methyl sites for hydroxylation is 1. The summed E-state index contributed by atoms with van der Waals surface area (Å²) in [5.41, 5.74) is 1.55. The van der Waals surface area contributed by atoms with Crippen molar-refractivity contribution in [3.63, 3.8) is 0 Å². The van der Waals surface area contributed by atoms with Crippen LogP contribution in [-0.2, 0) is 38.8 Å². The lowest BCUT2D eigenvalue weighted by atomic mass is 10.0. The quantitative estimate of drug-likeness (QED) is 0.324. The van der Waals surface area contributed by atoms with E-state index in [-0.39, 0.29) is 49.9 Å². The van der Waals surface area contributed by atoms with Gasteiger partial charge in [-0.05, 0) is 42.7 Å². The van der Waals surface area contributed by atoms with Gasteiger partial charge in [0.25, 0.3) is 0 Å². The molecule has 0 unspecified atom stereocenters. The van der Waals surface area contributed by atoms with Gasteiger partial charge in [-0.25, -0.2) is 8.42 Å². The molecule has 0 fully saturated rings. The molecule has 1 N–H and O–H groups in total. The lowest BCUT2D eigenvalue weighted by molar-refractivity contribution is -0.141. The summed E-state index contributed by atoms with van der Waals surface area (Å²) in [6, 6.07) is 20.0. The number of hydrogen-bond donors (Lipinski definition) is 1. The van der Waals surface area contributed by atoms with E-state index >= 15 is 0 Å². The molecule has 0 aliphatic heterocycles. The van der Waals surface area contributed by atoms with Gasteiger partial charge in [0.05, 0.1) is 17.5 Å². The number of likely N-dealkylation sites (N-methyl/N-ethyl adjacent to an activating group) is 1. The van der Waals surface area contributed by atoms with Crippen LogP contribution in [0.3, 0.4) is 0 Å². The minimum absolute atomic E-state index is 0.0261. The molecule has 11 heteroatoms. The van der Waals surface area contributed by atoms with Crippen LogP contribution in [0.15, 0.2) is 78.9 Å². The highest BCUT2D eigenvalue weighted by atomic mass is 32.2. The molecule has 41 heavy (non-hydrogen) atoms. The predicted molar refractivity (Wildman–Crippen MR) is 153 cm³/mol. The monoisotopic (exact) mass is 589 g/mol. The number of amides is 2. The molecule has 0 saturated heterocycles. The Morgan fingerprint density at radius 2 is 1.59 bits per heavy atom. The Balaban J connectivity index is 1.86. The molecule has 2 amide bonds. The Labute approximate surface area is 239 Å². The molecule has 0 bridgehead atoms. The van der Waals surface area contributed by atoms with Crippen LogP contribution in [0, 0.1) is 6.92 Å². The summed E-state index contributed by atoms with van der Waals surface area (Å²) in [5, 5.41) is 2.64. The fourth-order valence-electron chi connectivity index (χ4n) is 4.57. The second-order valence-corrected chi connectivity index (χ2v) is 11.7. The van der Waals surface area contributed by atoms with E-state index in [1.807, 2.05) is 61.5 Å². The number of hydrogen-bond acceptors (Lipinski definition) is 4. The lowest BCUT2D eigenvalue weighted by Gasteiger charge is -2.31. The maximum absolute atomic E-state index is 13.7. The fourth-order valence-corrected chi connectivity index (χ4v) is 5.53. The number of rotatable bonds is 12. The first kappa shape index (κ1) is 31.7. The summed E-state index contributed by atoms with van der Waals surface area (Å²) in [4.78, 5) is 28.2. The molecular weight excluding hydrogens is 555 g/mol. The van der Waals surface area contributed by atoms with Gasteiger partial charge in [0.15, 0.2) is 0 Å². The van der Waals surface area contributed by atoms with E-state index in [0.29, 0.717) is 0 Å². The van der Waals surface area contributed by atoms with Crippen molar-refractivity contribution in [2.24, 2.45) is 0 Å². The number of anilines is 1. The van der Waals surface area contributed by atoms with Gasteiger partial charge in [-0.2, -0.15) is 13.2 Å². The Morgan fingerprint density at radius 1 is 0.927 bits per heavy atom. The van der Waals surface area contributed by atoms with Crippen molar-refractivity contribution < 1.29 is 31.2 Å². The Morgan fingerprint density at radius 3 is 2.20 bits per heavy atom. The fraction of sp³-hybridized carbons (Fsp3) is 0.333. The first-order valence-corrected chi connectivity index (χ1v) is 14.9. The zero-order chi connectivity index (χ0) is 30.2. The Bertz CT molecular complexity index is 1450. The van der Waals surface area contributed by atoms with Gasteiger partial charge in [-0.15, -0.1) is 0 Å². The second-order valence-electron chi connectivity index (χ2n) is 9.82. The maximum Gasteiger partial charge on any atom is 0.416 e. The van der Waals surface area contributed by atoms with Crippen molar-refractivity contribution in [2.75, 3.05) is 24.2 Å². The van der Waals surface area contributed by atoms with Gasteiger partial charge in [-0.1, -0.05) is 66.2 Å². The molecule has 220 valence electrons. The number of alkyl halides is 3. The first-order valence-electron chi connectivity index (χ1n) is 13.0. The summed E-state index contributed by atoms with van der Waals surface area (Å²) in [5.74, 6) is -0.731. The van der Waals surface area contributed by atoms with E-state index in [2.05, 4.69) is 5.32 Å². The van der Waals surface area contributed by atoms with Crippen molar-refractivity contribution in [3.05, 3.63) is 101 Å². The van der Waals surface area contributed by atoms with Crippen molar-refractivity contribution in [1.29, 1.82) is 0 Å². The SMILES string of the molecule is CNC(=O)[C@@H](Cc1ccccc1)N(Cc1cccc(C)c1)C(=O)CCCN(c1cccc(C(F)(F)F)c1)S(C)(=O)=O. The summed E-state index contributed by atoms with van der Waals surface area (Å²) in [7, 11) is -2.45. The summed E-state index contributed by atoms with van der Waals surface area (Å²) >= 11 is 0. The van der Waals surface area contributed by atoms with Crippen LogP contribution >= 0.6 is 0 Å². The smallest absolute Gasteiger partial charge is 0.357 e. The molecule has 0 aromatic heterocycles. The largest absolute Gasteiger partial charge is 0.416 e. The van der Waals surface area contributed by atoms with Crippen LogP contribution in [0.2, 0.25) is 0 Å². The highest BCUT2D eigenvalue weighted by Crippen LogP contribution is 2.32. The molecule has 0 saturated carbocycles. The number of nitrogens with one attached hydrogen (secondary N) is 1. The zero-order valence-corrected chi connectivity index (χ0v) is 24.0. The van der Waals surface area contributed by atoms with Gasteiger partial charge in [0, 0.05) is 33.0 Å². The van der Waals surface area contributed by atoms with Gasteiger partial charge >= 0.3 is 6.18 Å². The predicted octanol–water partition coefficient (Wildman–Crippen LogP) is 4.95. The molecule has 0 aliphatic rings. The summed E-state index contributed by atoms with van der Waals surface area (Å²) in [6.07, 6.45) is -3.57. The summed E-state index contributed by atoms with van der Waals surface area (Å²) in [6.45, 7) is 1.85. The molecule has 0 heterocycles.